The van der Waals surface area contributed by atoms with E-state index in [-0.39, 0.29) is 5.91 Å². The van der Waals surface area contributed by atoms with Crippen molar-refractivity contribution in [3.63, 3.8) is 0 Å². The summed E-state index contributed by atoms with van der Waals surface area (Å²) in [5.41, 5.74) is 2.12. The van der Waals surface area contributed by atoms with Gasteiger partial charge in [-0.2, -0.15) is 0 Å². The Labute approximate surface area is 141 Å². The van der Waals surface area contributed by atoms with E-state index in [1.165, 1.54) is 11.8 Å². The Bertz CT molecular complexity index is 640. The highest BCUT2D eigenvalue weighted by atomic mass is 32.2. The van der Waals surface area contributed by atoms with Crippen molar-refractivity contribution in [2.75, 3.05) is 26.0 Å². The van der Waals surface area contributed by atoms with Crippen LogP contribution in [0.25, 0.3) is 11.0 Å². The van der Waals surface area contributed by atoms with Crippen LogP contribution >= 0.6 is 11.8 Å². The molecule has 0 radical (unpaired) electrons. The first-order valence-electron chi connectivity index (χ1n) is 7.95. The number of fused-ring (bicyclic) bond motifs is 1. The van der Waals surface area contributed by atoms with Gasteiger partial charge in [-0.05, 0) is 24.5 Å². The Morgan fingerprint density at radius 2 is 2.17 bits per heavy atom. The third-order valence-corrected chi connectivity index (χ3v) is 4.49. The van der Waals surface area contributed by atoms with E-state index in [0.29, 0.717) is 24.8 Å². The van der Waals surface area contributed by atoms with Crippen molar-refractivity contribution >= 4 is 28.7 Å². The number of rotatable bonds is 9. The molecule has 6 heteroatoms. The molecule has 126 valence electrons. The van der Waals surface area contributed by atoms with Crippen LogP contribution in [0.3, 0.4) is 0 Å². The predicted molar refractivity (Wildman–Crippen MR) is 94.8 cm³/mol. The number of hydrogen-bond donors (Lipinski definition) is 1. The Morgan fingerprint density at radius 3 is 2.91 bits per heavy atom. The molecule has 0 bridgehead atoms. The first-order chi connectivity index (χ1) is 11.1. The first-order valence-corrected chi connectivity index (χ1v) is 8.94. The second-order valence-electron chi connectivity index (χ2n) is 5.85. The number of aryl methyl sites for hydroxylation is 1. The van der Waals surface area contributed by atoms with E-state index in [2.05, 4.69) is 34.8 Å². The van der Waals surface area contributed by atoms with E-state index in [1.807, 2.05) is 18.2 Å². The van der Waals surface area contributed by atoms with E-state index < -0.39 is 0 Å². The number of imidazole rings is 1. The van der Waals surface area contributed by atoms with Crippen molar-refractivity contribution in [3.8, 4) is 0 Å². The van der Waals surface area contributed by atoms with Gasteiger partial charge in [0.15, 0.2) is 5.16 Å². The second-order valence-corrected chi connectivity index (χ2v) is 6.79. The molecule has 0 saturated carbocycles. The first kappa shape index (κ1) is 17.8. The molecule has 0 spiro atoms. The summed E-state index contributed by atoms with van der Waals surface area (Å²) in [5.74, 6) is 1.01. The molecule has 0 aliphatic carbocycles. The van der Waals surface area contributed by atoms with Crippen LogP contribution < -0.4 is 5.32 Å². The summed E-state index contributed by atoms with van der Waals surface area (Å²) in [4.78, 5) is 16.5. The number of carbonyl (C=O) groups excluding carboxylic acids is 1. The molecule has 0 aliphatic rings. The average Bonchev–Trinajstić information content (AvgIpc) is 2.89. The number of carbonyl (C=O) groups is 1. The topological polar surface area (TPSA) is 56.1 Å². The lowest BCUT2D eigenvalue weighted by Crippen LogP contribution is -2.28. The zero-order valence-electron chi connectivity index (χ0n) is 14.0. The molecule has 0 atom stereocenters. The summed E-state index contributed by atoms with van der Waals surface area (Å²) in [7, 11) is 1.62. The van der Waals surface area contributed by atoms with Gasteiger partial charge >= 0.3 is 0 Å². The molecular formula is C17H25N3O2S. The summed E-state index contributed by atoms with van der Waals surface area (Å²) in [6.07, 6.45) is 1.09. The standard InChI is InChI=1S/C17H25N3O2S/c1-13(2)8-10-20-15-7-5-4-6-14(15)19-17(20)23-12-16(21)18-9-11-22-3/h4-7,13H,8-12H2,1-3H3,(H,18,21). The highest BCUT2D eigenvalue weighted by Crippen LogP contribution is 2.25. The minimum atomic E-state index is 0.00881. The lowest BCUT2D eigenvalue weighted by molar-refractivity contribution is -0.118. The van der Waals surface area contributed by atoms with E-state index in [4.69, 9.17) is 4.74 Å². The number of ether oxygens (including phenoxy) is 1. The van der Waals surface area contributed by atoms with Gasteiger partial charge < -0.3 is 14.6 Å². The normalized spacial score (nSPS) is 11.3. The van der Waals surface area contributed by atoms with Crippen molar-refractivity contribution in [1.29, 1.82) is 0 Å². The second kappa shape index (κ2) is 8.93. The fraction of sp³-hybridized carbons (Fsp3) is 0.529. The van der Waals surface area contributed by atoms with Crippen LogP contribution in [0.4, 0.5) is 0 Å². The zero-order valence-corrected chi connectivity index (χ0v) is 14.9. The molecule has 1 heterocycles. The van der Waals surface area contributed by atoms with Gasteiger partial charge in [0.2, 0.25) is 5.91 Å². The Morgan fingerprint density at radius 1 is 1.39 bits per heavy atom. The molecule has 23 heavy (non-hydrogen) atoms. The lowest BCUT2D eigenvalue weighted by atomic mass is 10.1. The van der Waals surface area contributed by atoms with Gasteiger partial charge in [0.05, 0.1) is 23.4 Å². The van der Waals surface area contributed by atoms with Gasteiger partial charge in [-0.3, -0.25) is 4.79 Å². The average molecular weight is 335 g/mol. The molecule has 0 aliphatic heterocycles. The fourth-order valence-electron chi connectivity index (χ4n) is 2.24. The minimum Gasteiger partial charge on any atom is -0.383 e. The number of amides is 1. The molecule has 0 unspecified atom stereocenters. The zero-order chi connectivity index (χ0) is 16.7. The molecular weight excluding hydrogens is 310 g/mol. The molecule has 1 amide bonds. The Balaban J connectivity index is 2.06. The van der Waals surface area contributed by atoms with Gasteiger partial charge in [0.1, 0.15) is 0 Å². The Kier molecular flexibility index (Phi) is 6.92. The monoisotopic (exact) mass is 335 g/mol. The van der Waals surface area contributed by atoms with Crippen LogP contribution in [0.15, 0.2) is 29.4 Å². The number of para-hydroxylation sites is 2. The van der Waals surface area contributed by atoms with Crippen LogP contribution in [-0.2, 0) is 16.1 Å². The maximum absolute atomic E-state index is 11.9. The molecule has 0 saturated heterocycles. The summed E-state index contributed by atoms with van der Waals surface area (Å²) < 4.78 is 7.15. The smallest absolute Gasteiger partial charge is 0.230 e. The SMILES string of the molecule is COCCNC(=O)CSc1nc2ccccc2n1CCC(C)C. The molecule has 1 aromatic carbocycles. The summed E-state index contributed by atoms with van der Waals surface area (Å²) >= 11 is 1.49. The van der Waals surface area contributed by atoms with Gasteiger partial charge in [-0.15, -0.1) is 0 Å². The third kappa shape index (κ3) is 5.25. The van der Waals surface area contributed by atoms with Gasteiger partial charge in [-0.1, -0.05) is 37.7 Å². The van der Waals surface area contributed by atoms with E-state index in [0.717, 1.165) is 29.2 Å². The largest absolute Gasteiger partial charge is 0.383 e. The minimum absolute atomic E-state index is 0.00881. The van der Waals surface area contributed by atoms with Crippen molar-refractivity contribution in [2.24, 2.45) is 5.92 Å². The molecule has 1 aromatic heterocycles. The van der Waals surface area contributed by atoms with Crippen LogP contribution in [0.2, 0.25) is 0 Å². The number of methoxy groups -OCH3 is 1. The fourth-order valence-corrected chi connectivity index (χ4v) is 3.11. The number of nitrogens with zero attached hydrogens (tertiary/aromatic N) is 2. The van der Waals surface area contributed by atoms with Crippen LogP contribution in [0, 0.1) is 5.92 Å². The van der Waals surface area contributed by atoms with Crippen molar-refractivity contribution < 1.29 is 9.53 Å². The summed E-state index contributed by atoms with van der Waals surface area (Å²) in [6, 6.07) is 8.13. The van der Waals surface area contributed by atoms with E-state index >= 15 is 0 Å². The number of benzene rings is 1. The maximum Gasteiger partial charge on any atom is 0.230 e. The summed E-state index contributed by atoms with van der Waals surface area (Å²) in [6.45, 7) is 6.43. The molecule has 2 aromatic rings. The quantitative estimate of drug-likeness (QED) is 0.565. The number of aromatic nitrogens is 2. The summed E-state index contributed by atoms with van der Waals surface area (Å²) in [5, 5.41) is 3.75. The number of hydrogen-bond acceptors (Lipinski definition) is 4. The molecule has 0 fully saturated rings. The maximum atomic E-state index is 11.9. The predicted octanol–water partition coefficient (Wildman–Crippen LogP) is 2.94. The van der Waals surface area contributed by atoms with Gasteiger partial charge in [0, 0.05) is 20.2 Å². The lowest BCUT2D eigenvalue weighted by Gasteiger charge is -2.10. The van der Waals surface area contributed by atoms with Crippen LogP contribution in [0.1, 0.15) is 20.3 Å². The van der Waals surface area contributed by atoms with E-state index in [9.17, 15) is 4.79 Å². The van der Waals surface area contributed by atoms with Crippen molar-refractivity contribution in [2.45, 2.75) is 32.0 Å². The van der Waals surface area contributed by atoms with Gasteiger partial charge in [-0.25, -0.2) is 4.98 Å². The highest BCUT2D eigenvalue weighted by molar-refractivity contribution is 7.99. The van der Waals surface area contributed by atoms with E-state index in [1.54, 1.807) is 7.11 Å². The molecule has 5 nitrogen and oxygen atoms in total. The molecule has 2 rings (SSSR count). The highest BCUT2D eigenvalue weighted by Gasteiger charge is 2.13. The van der Waals surface area contributed by atoms with Crippen molar-refractivity contribution in [1.82, 2.24) is 14.9 Å². The Hall–Kier alpha value is -1.53. The molecule has 1 N–H and O–H groups in total. The van der Waals surface area contributed by atoms with Crippen molar-refractivity contribution in [3.05, 3.63) is 24.3 Å². The number of nitrogens with one attached hydrogen (secondary N) is 1. The third-order valence-electron chi connectivity index (χ3n) is 3.51. The van der Waals surface area contributed by atoms with Crippen LogP contribution in [-0.4, -0.2) is 41.5 Å². The van der Waals surface area contributed by atoms with Crippen LogP contribution in [0.5, 0.6) is 0 Å². The van der Waals surface area contributed by atoms with Gasteiger partial charge in [0.25, 0.3) is 0 Å². The number of thioether (sulfide) groups is 1.